The highest BCUT2D eigenvalue weighted by Gasteiger charge is 2.62. The normalized spacial score (nSPS) is 20.6. The molecule has 0 radical (unpaired) electrons. The van der Waals surface area contributed by atoms with Crippen molar-refractivity contribution in [2.75, 3.05) is 6.61 Å². The molecular weight excluding hydrogens is 569 g/mol. The number of carbonyl (C=O) groups is 2. The summed E-state index contributed by atoms with van der Waals surface area (Å²) in [6.45, 7) is 13.8. The molecule has 0 saturated carbocycles. The van der Waals surface area contributed by atoms with E-state index in [0.29, 0.717) is 34.2 Å². The van der Waals surface area contributed by atoms with Crippen LogP contribution in [-0.4, -0.2) is 43.8 Å². The summed E-state index contributed by atoms with van der Waals surface area (Å²) >= 11 is 0. The van der Waals surface area contributed by atoms with Gasteiger partial charge in [-0.2, -0.15) is 0 Å². The molecule has 3 heterocycles. The van der Waals surface area contributed by atoms with Crippen molar-refractivity contribution in [1.29, 1.82) is 0 Å². The molecule has 2 unspecified atom stereocenters. The first-order valence-corrected chi connectivity index (χ1v) is 18.5. The summed E-state index contributed by atoms with van der Waals surface area (Å²) < 4.78 is 30.8. The van der Waals surface area contributed by atoms with Gasteiger partial charge in [0.15, 0.2) is 25.2 Å². The topological polar surface area (TPSA) is 83.5 Å². The Hall–Kier alpha value is -3.78. The van der Waals surface area contributed by atoms with Crippen molar-refractivity contribution in [3.63, 3.8) is 0 Å². The average molecular weight is 606 g/mol. The fourth-order valence-corrected chi connectivity index (χ4v) is 7.61. The number of rotatable bonds is 12. The number of carbonyl (C=O) groups excluding carboxylic acids is 2. The van der Waals surface area contributed by atoms with Gasteiger partial charge in [-0.3, -0.25) is 9.69 Å². The number of esters is 1. The van der Waals surface area contributed by atoms with Gasteiger partial charge in [0.1, 0.15) is 23.9 Å². The van der Waals surface area contributed by atoms with Crippen molar-refractivity contribution in [2.24, 2.45) is 11.8 Å². The summed E-state index contributed by atoms with van der Waals surface area (Å²) in [6, 6.07) is 18.5. The summed E-state index contributed by atoms with van der Waals surface area (Å²) in [7, 11) is -1.85. The Bertz CT molecular complexity index is 1480. The van der Waals surface area contributed by atoms with E-state index in [0.717, 1.165) is 0 Å². The fourth-order valence-electron chi connectivity index (χ4n) is 5.42. The van der Waals surface area contributed by atoms with E-state index in [2.05, 4.69) is 26.2 Å². The van der Waals surface area contributed by atoms with Crippen LogP contribution in [0.25, 0.3) is 0 Å². The Balaban J connectivity index is 1.51. The molecule has 0 bridgehead atoms. The Morgan fingerprint density at radius 1 is 1.02 bits per heavy atom. The van der Waals surface area contributed by atoms with Crippen molar-refractivity contribution in [2.45, 2.75) is 45.6 Å². The largest absolute Gasteiger partial charge is 0.457 e. The molecule has 5 atom stereocenters. The van der Waals surface area contributed by atoms with Crippen LogP contribution in [0.15, 0.2) is 90.6 Å². The third kappa shape index (κ3) is 6.04. The Kier molecular flexibility index (Phi) is 8.64. The lowest BCUT2D eigenvalue weighted by molar-refractivity contribution is -0.163. The number of hydrogen-bond donors (Lipinski definition) is 0. The first-order chi connectivity index (χ1) is 20.1. The standard InChI is InChI=1S/C32H36NO7PSi/c1-7-18-36-31(35)27-28(20(2)26-25(30(34)33(26)27)21(3)40-42(4,5)6)39-32-29(38-23-16-12-9-13-17-23)24(19-41-32)37-22-14-10-8-11-15-22/h7-17,19-21,25-26,41H,1,18H2,2-6H3/t20-,21?,25-,26+/m1/s1. The quantitative estimate of drug-likeness (QED) is 0.0925. The Labute approximate surface area is 249 Å². The zero-order valence-electron chi connectivity index (χ0n) is 24.5. The molecule has 1 fully saturated rings. The summed E-state index contributed by atoms with van der Waals surface area (Å²) in [4.78, 5) is 28.4. The third-order valence-electron chi connectivity index (χ3n) is 7.07. The molecule has 0 N–H and O–H groups in total. The van der Waals surface area contributed by atoms with E-state index in [-0.39, 0.29) is 44.5 Å². The van der Waals surface area contributed by atoms with E-state index in [1.807, 2.05) is 80.3 Å². The third-order valence-corrected chi connectivity index (χ3v) is 9.15. The van der Waals surface area contributed by atoms with Crippen LogP contribution in [0.2, 0.25) is 19.6 Å². The molecule has 42 heavy (non-hydrogen) atoms. The van der Waals surface area contributed by atoms with Gasteiger partial charge in [0.25, 0.3) is 0 Å². The summed E-state index contributed by atoms with van der Waals surface area (Å²) in [6.07, 6.45) is 1.19. The minimum absolute atomic E-state index is 0.0126. The van der Waals surface area contributed by atoms with Crippen LogP contribution in [-0.2, 0) is 18.8 Å². The summed E-state index contributed by atoms with van der Waals surface area (Å²) in [5.41, 5.74) is 0.614. The molecular formula is C32H36NO7PSi. The van der Waals surface area contributed by atoms with Crippen molar-refractivity contribution >= 4 is 28.4 Å². The van der Waals surface area contributed by atoms with Gasteiger partial charge in [-0.05, 0) is 50.8 Å². The molecule has 2 aromatic carbocycles. The number of fused-ring (bicyclic) bond motifs is 1. The van der Waals surface area contributed by atoms with Crippen LogP contribution >= 0.6 is 8.19 Å². The van der Waals surface area contributed by atoms with Gasteiger partial charge >= 0.3 is 5.97 Å². The fraction of sp³-hybridized carbons (Fsp3) is 0.312. The minimum Gasteiger partial charge on any atom is -0.457 e. The van der Waals surface area contributed by atoms with E-state index in [4.69, 9.17) is 23.4 Å². The van der Waals surface area contributed by atoms with Crippen LogP contribution < -0.4 is 14.2 Å². The van der Waals surface area contributed by atoms with Crippen LogP contribution in [0.1, 0.15) is 13.8 Å². The molecule has 1 aromatic heterocycles. The SMILES string of the molecule is C=CCOC(=O)C1=C(Oc2[pH]cc(Oc3ccccc3)c2Oc2ccccc2)[C@H](C)[C@H]2[C@@H](C(C)O[Si](C)(C)C)C(=O)N12. The second-order valence-corrected chi connectivity index (χ2v) is 16.8. The second-order valence-electron chi connectivity index (χ2n) is 11.3. The molecule has 0 aliphatic carbocycles. The molecule has 3 aromatic rings. The Morgan fingerprint density at radius 3 is 2.24 bits per heavy atom. The van der Waals surface area contributed by atoms with Crippen LogP contribution in [0.3, 0.4) is 0 Å². The van der Waals surface area contributed by atoms with Crippen LogP contribution in [0, 0.1) is 11.8 Å². The minimum atomic E-state index is -1.91. The zero-order valence-corrected chi connectivity index (χ0v) is 26.5. The molecule has 0 spiro atoms. The first-order valence-electron chi connectivity index (χ1n) is 14.0. The number of nitrogens with zero attached hydrogens (tertiary/aromatic N) is 1. The van der Waals surface area contributed by atoms with E-state index in [1.54, 1.807) is 0 Å². The van der Waals surface area contributed by atoms with Crippen molar-refractivity contribution in [3.8, 4) is 28.5 Å². The van der Waals surface area contributed by atoms with Crippen molar-refractivity contribution < 1.29 is 33.0 Å². The molecule has 2 aliphatic heterocycles. The maximum atomic E-state index is 13.5. The molecule has 10 heteroatoms. The number of amides is 1. The molecule has 1 saturated heterocycles. The number of benzene rings is 2. The molecule has 2 aliphatic rings. The van der Waals surface area contributed by atoms with Gasteiger partial charge in [0, 0.05) is 11.7 Å². The van der Waals surface area contributed by atoms with Gasteiger partial charge in [-0.1, -0.05) is 64.2 Å². The van der Waals surface area contributed by atoms with Gasteiger partial charge in [-0.15, -0.1) is 0 Å². The highest BCUT2D eigenvalue weighted by Crippen LogP contribution is 2.54. The first kappa shape index (κ1) is 29.7. The maximum absolute atomic E-state index is 13.5. The summed E-state index contributed by atoms with van der Waals surface area (Å²) in [5.74, 6) is 2.97. The van der Waals surface area contributed by atoms with Crippen LogP contribution in [0.4, 0.5) is 0 Å². The Morgan fingerprint density at radius 2 is 1.64 bits per heavy atom. The van der Waals surface area contributed by atoms with Gasteiger partial charge in [0.05, 0.1) is 18.1 Å². The number of β-lactam (4-membered cyclic amide) rings is 1. The number of ether oxygens (including phenoxy) is 4. The lowest BCUT2D eigenvalue weighted by Gasteiger charge is -2.48. The zero-order chi connectivity index (χ0) is 30.0. The highest BCUT2D eigenvalue weighted by atomic mass is 31.0. The summed E-state index contributed by atoms with van der Waals surface area (Å²) in [5, 5.41) is 0. The smallest absolute Gasteiger partial charge is 0.358 e. The highest BCUT2D eigenvalue weighted by molar-refractivity contribution is 7.32. The molecule has 8 nitrogen and oxygen atoms in total. The van der Waals surface area contributed by atoms with E-state index in [1.165, 1.54) is 11.0 Å². The monoisotopic (exact) mass is 605 g/mol. The lowest BCUT2D eigenvalue weighted by atomic mass is 9.79. The van der Waals surface area contributed by atoms with Crippen LogP contribution in [0.5, 0.6) is 28.5 Å². The van der Waals surface area contributed by atoms with E-state index >= 15 is 0 Å². The lowest BCUT2D eigenvalue weighted by Crippen LogP contribution is -2.64. The second kappa shape index (κ2) is 12.2. The molecule has 5 rings (SSSR count). The molecule has 1 amide bonds. The molecule has 220 valence electrons. The predicted octanol–water partition coefficient (Wildman–Crippen LogP) is 7.34. The number of para-hydroxylation sites is 2. The predicted molar refractivity (Wildman–Crippen MR) is 165 cm³/mol. The average Bonchev–Trinajstić information content (AvgIpc) is 3.43. The number of hydrogen-bond acceptors (Lipinski definition) is 7. The van der Waals surface area contributed by atoms with Gasteiger partial charge < -0.3 is 23.4 Å². The van der Waals surface area contributed by atoms with Crippen molar-refractivity contribution in [3.05, 3.63) is 90.6 Å². The van der Waals surface area contributed by atoms with Gasteiger partial charge in [-0.25, -0.2) is 4.79 Å². The van der Waals surface area contributed by atoms with E-state index in [9.17, 15) is 9.59 Å². The maximum Gasteiger partial charge on any atom is 0.358 e. The van der Waals surface area contributed by atoms with Gasteiger partial charge in [0.2, 0.25) is 11.7 Å². The van der Waals surface area contributed by atoms with Crippen molar-refractivity contribution in [1.82, 2.24) is 4.90 Å². The van der Waals surface area contributed by atoms with E-state index < -0.39 is 20.2 Å².